The molecule has 0 aromatic carbocycles. The van der Waals surface area contributed by atoms with Crippen LogP contribution in [0.1, 0.15) is 28.5 Å². The van der Waals surface area contributed by atoms with Crippen molar-refractivity contribution >= 4 is 21.6 Å². The first-order valence-corrected chi connectivity index (χ1v) is 7.82. The van der Waals surface area contributed by atoms with Crippen LogP contribution in [0.2, 0.25) is 0 Å². The Morgan fingerprint density at radius 1 is 1.47 bits per heavy atom. The van der Waals surface area contributed by atoms with Crippen molar-refractivity contribution in [3.63, 3.8) is 0 Å². The lowest BCUT2D eigenvalue weighted by Gasteiger charge is -2.16. The first-order valence-electron chi connectivity index (χ1n) is 5.76. The molecule has 0 spiro atoms. The van der Waals surface area contributed by atoms with Crippen molar-refractivity contribution in [2.45, 2.75) is 26.8 Å². The molecule has 0 aliphatic heterocycles. The molecule has 0 saturated heterocycles. The summed E-state index contributed by atoms with van der Waals surface area (Å²) in [6.45, 7) is 5.11. The maximum Gasteiger partial charge on any atom is 0.339 e. The third-order valence-corrected chi connectivity index (χ3v) is 3.60. The fourth-order valence-electron chi connectivity index (χ4n) is 1.94. The minimum atomic E-state index is -3.13. The van der Waals surface area contributed by atoms with Gasteiger partial charge in [-0.05, 0) is 32.4 Å². The Morgan fingerprint density at radius 3 is 2.53 bits per heavy atom. The van der Waals surface area contributed by atoms with E-state index in [2.05, 4.69) is 10.3 Å². The minimum Gasteiger partial charge on any atom is -0.478 e. The number of sulfone groups is 1. The number of nitrogens with zero attached hydrogens (tertiary/aromatic N) is 1. The molecule has 1 rings (SSSR count). The first-order chi connectivity index (χ1) is 8.60. The minimum absolute atomic E-state index is 0.0750. The Kier molecular flexibility index (Phi) is 4.52. The van der Waals surface area contributed by atoms with Crippen molar-refractivity contribution in [1.82, 2.24) is 4.98 Å². The van der Waals surface area contributed by atoms with Gasteiger partial charge < -0.3 is 10.4 Å². The largest absolute Gasteiger partial charge is 0.478 e. The zero-order chi connectivity index (χ0) is 14.8. The lowest BCUT2D eigenvalue weighted by Crippen LogP contribution is -2.27. The number of anilines is 1. The van der Waals surface area contributed by atoms with Crippen LogP contribution in [0.15, 0.2) is 6.07 Å². The van der Waals surface area contributed by atoms with E-state index < -0.39 is 21.8 Å². The van der Waals surface area contributed by atoms with Crippen LogP contribution in [0.4, 0.5) is 5.82 Å². The maximum absolute atomic E-state index is 11.2. The van der Waals surface area contributed by atoms with Crippen molar-refractivity contribution in [1.29, 1.82) is 0 Å². The van der Waals surface area contributed by atoms with Gasteiger partial charge in [0.1, 0.15) is 21.2 Å². The van der Waals surface area contributed by atoms with Gasteiger partial charge in [-0.1, -0.05) is 0 Å². The van der Waals surface area contributed by atoms with Gasteiger partial charge in [-0.2, -0.15) is 0 Å². The molecule has 0 amide bonds. The Morgan fingerprint density at radius 2 is 2.05 bits per heavy atom. The van der Waals surface area contributed by atoms with Crippen LogP contribution in [0.25, 0.3) is 0 Å². The second-order valence-electron chi connectivity index (χ2n) is 4.75. The lowest BCUT2D eigenvalue weighted by atomic mass is 10.1. The zero-order valence-corrected chi connectivity index (χ0v) is 12.2. The summed E-state index contributed by atoms with van der Waals surface area (Å²) in [5.74, 6) is -0.957. The van der Waals surface area contributed by atoms with Gasteiger partial charge in [0.2, 0.25) is 0 Å². The highest BCUT2D eigenvalue weighted by molar-refractivity contribution is 7.90. The van der Waals surface area contributed by atoms with E-state index in [9.17, 15) is 18.3 Å². The summed E-state index contributed by atoms with van der Waals surface area (Å²) in [5, 5.41) is 12.0. The number of pyridine rings is 1. The van der Waals surface area contributed by atoms with Gasteiger partial charge in [0.15, 0.2) is 0 Å². The van der Waals surface area contributed by atoms with Gasteiger partial charge in [-0.25, -0.2) is 18.2 Å². The van der Waals surface area contributed by atoms with Crippen molar-refractivity contribution in [2.75, 3.05) is 17.3 Å². The number of hydrogen-bond acceptors (Lipinski definition) is 5. The summed E-state index contributed by atoms with van der Waals surface area (Å²) in [6.07, 6.45) is 1.14. The topological polar surface area (TPSA) is 96.4 Å². The van der Waals surface area contributed by atoms with Crippen LogP contribution in [-0.2, 0) is 9.84 Å². The summed E-state index contributed by atoms with van der Waals surface area (Å²) in [5.41, 5.74) is 1.34. The number of carboxylic acids is 1. The predicted molar refractivity (Wildman–Crippen MR) is 73.5 cm³/mol. The number of carbonyl (C=O) groups is 1. The van der Waals surface area contributed by atoms with Gasteiger partial charge in [0.25, 0.3) is 0 Å². The molecule has 1 aromatic rings. The van der Waals surface area contributed by atoms with E-state index in [0.717, 1.165) is 6.26 Å². The Balaban J connectivity index is 3.10. The smallest absolute Gasteiger partial charge is 0.339 e. The van der Waals surface area contributed by atoms with Crippen molar-refractivity contribution < 1.29 is 18.3 Å². The van der Waals surface area contributed by atoms with E-state index in [-0.39, 0.29) is 17.1 Å². The number of rotatable bonds is 5. The predicted octanol–water partition coefficient (Wildman–Crippen LogP) is 1.24. The number of aromatic nitrogens is 1. The molecule has 0 saturated carbocycles. The molecule has 0 bridgehead atoms. The molecule has 6 nitrogen and oxygen atoms in total. The Labute approximate surface area is 112 Å². The summed E-state index contributed by atoms with van der Waals surface area (Å²) in [7, 11) is -3.13. The van der Waals surface area contributed by atoms with E-state index in [4.69, 9.17) is 0 Å². The first kappa shape index (κ1) is 15.4. The molecule has 1 heterocycles. The standard InChI is InChI=1S/C12H18N2O4S/c1-7-5-8(2)13-11(10(7)12(15)16)14-9(3)6-19(4,17)18/h5,9H,6H2,1-4H3,(H,13,14)(H,15,16). The van der Waals surface area contributed by atoms with E-state index in [1.165, 1.54) is 0 Å². The summed E-state index contributed by atoms with van der Waals surface area (Å²) < 4.78 is 22.4. The monoisotopic (exact) mass is 286 g/mol. The van der Waals surface area contributed by atoms with Crippen LogP contribution in [-0.4, -0.2) is 42.5 Å². The third-order valence-electron chi connectivity index (χ3n) is 2.49. The molecule has 0 radical (unpaired) electrons. The van der Waals surface area contributed by atoms with Gasteiger partial charge in [0, 0.05) is 18.0 Å². The Hall–Kier alpha value is -1.63. The second-order valence-corrected chi connectivity index (χ2v) is 6.93. The molecule has 0 aliphatic rings. The molecule has 1 atom stereocenters. The molecule has 2 N–H and O–H groups in total. The molecular formula is C12H18N2O4S. The van der Waals surface area contributed by atoms with Crippen molar-refractivity contribution in [3.8, 4) is 0 Å². The third kappa shape index (κ3) is 4.51. The number of nitrogens with one attached hydrogen (secondary N) is 1. The van der Waals surface area contributed by atoms with E-state index in [1.807, 2.05) is 0 Å². The molecule has 0 aliphatic carbocycles. The number of aryl methyl sites for hydroxylation is 2. The summed E-state index contributed by atoms with van der Waals surface area (Å²) in [6, 6.07) is 1.26. The van der Waals surface area contributed by atoms with E-state index in [1.54, 1.807) is 26.8 Å². The normalized spacial score (nSPS) is 13.1. The molecule has 7 heteroatoms. The SMILES string of the molecule is Cc1cc(C)c(C(=O)O)c(NC(C)CS(C)(=O)=O)n1. The average Bonchev–Trinajstić information content (AvgIpc) is 2.10. The average molecular weight is 286 g/mol. The molecule has 0 fully saturated rings. The van der Waals surface area contributed by atoms with Gasteiger partial charge >= 0.3 is 5.97 Å². The number of aromatic carboxylic acids is 1. The van der Waals surface area contributed by atoms with E-state index in [0.29, 0.717) is 11.3 Å². The summed E-state index contributed by atoms with van der Waals surface area (Å²) in [4.78, 5) is 15.4. The van der Waals surface area contributed by atoms with Crippen molar-refractivity contribution in [3.05, 3.63) is 22.9 Å². The molecule has 19 heavy (non-hydrogen) atoms. The van der Waals surface area contributed by atoms with Gasteiger partial charge in [-0.3, -0.25) is 0 Å². The fourth-order valence-corrected chi connectivity index (χ4v) is 2.93. The second kappa shape index (κ2) is 5.56. The molecule has 1 unspecified atom stereocenters. The van der Waals surface area contributed by atoms with Gasteiger partial charge in [-0.15, -0.1) is 0 Å². The van der Waals surface area contributed by atoms with Gasteiger partial charge in [0.05, 0.1) is 5.75 Å². The van der Waals surface area contributed by atoms with Crippen LogP contribution >= 0.6 is 0 Å². The highest BCUT2D eigenvalue weighted by Gasteiger charge is 2.18. The van der Waals surface area contributed by atoms with Crippen LogP contribution in [0.3, 0.4) is 0 Å². The van der Waals surface area contributed by atoms with Crippen LogP contribution in [0.5, 0.6) is 0 Å². The fraction of sp³-hybridized carbons (Fsp3) is 0.500. The lowest BCUT2D eigenvalue weighted by molar-refractivity contribution is 0.0697. The molecule has 106 valence electrons. The van der Waals surface area contributed by atoms with E-state index >= 15 is 0 Å². The van der Waals surface area contributed by atoms with Crippen molar-refractivity contribution in [2.24, 2.45) is 0 Å². The zero-order valence-electron chi connectivity index (χ0n) is 11.4. The molecular weight excluding hydrogens is 268 g/mol. The highest BCUT2D eigenvalue weighted by atomic mass is 32.2. The number of hydrogen-bond donors (Lipinski definition) is 2. The Bertz CT molecular complexity index is 596. The van der Waals surface area contributed by atoms with Crippen LogP contribution < -0.4 is 5.32 Å². The number of carboxylic acid groups (broad SMARTS) is 1. The maximum atomic E-state index is 11.2. The molecule has 1 aromatic heterocycles. The summed E-state index contributed by atoms with van der Waals surface area (Å²) >= 11 is 0. The van der Waals surface area contributed by atoms with Crippen LogP contribution in [0, 0.1) is 13.8 Å². The quantitative estimate of drug-likeness (QED) is 0.845. The highest BCUT2D eigenvalue weighted by Crippen LogP contribution is 2.19.